The number of hydrogen-bond acceptors (Lipinski definition) is 3. The summed E-state index contributed by atoms with van der Waals surface area (Å²) in [4.78, 5) is 4.37. The highest BCUT2D eigenvalue weighted by atomic mass is 16.5. The number of para-hydroxylation sites is 1. The van der Waals surface area contributed by atoms with Crippen molar-refractivity contribution in [2.75, 3.05) is 19.7 Å². The molecule has 1 heterocycles. The lowest BCUT2D eigenvalue weighted by Crippen LogP contribution is -2.18. The van der Waals surface area contributed by atoms with E-state index in [-0.39, 0.29) is 0 Å². The minimum Gasteiger partial charge on any atom is -0.491 e. The summed E-state index contributed by atoms with van der Waals surface area (Å²) in [7, 11) is 0. The van der Waals surface area contributed by atoms with Crippen LogP contribution in [-0.2, 0) is 0 Å². The highest BCUT2D eigenvalue weighted by Crippen LogP contribution is 2.22. The van der Waals surface area contributed by atoms with Crippen LogP contribution in [0.25, 0.3) is 10.9 Å². The predicted octanol–water partition coefficient (Wildman–Crippen LogP) is 3.00. The van der Waals surface area contributed by atoms with Gasteiger partial charge in [-0.25, -0.2) is 0 Å². The van der Waals surface area contributed by atoms with Crippen molar-refractivity contribution in [1.29, 1.82) is 0 Å². The van der Waals surface area contributed by atoms with Gasteiger partial charge in [0.25, 0.3) is 0 Å². The minimum absolute atomic E-state index is 0.729. The Morgan fingerprint density at radius 3 is 2.94 bits per heavy atom. The summed E-state index contributed by atoms with van der Waals surface area (Å²) in [6.45, 7) is 4.99. The van der Waals surface area contributed by atoms with E-state index in [4.69, 9.17) is 4.74 Å². The zero-order valence-electron chi connectivity index (χ0n) is 10.9. The Hall–Kier alpha value is -1.61. The first-order valence-corrected chi connectivity index (χ1v) is 6.59. The number of rotatable bonds is 7. The monoisotopic (exact) mass is 244 g/mol. The molecule has 0 aliphatic rings. The van der Waals surface area contributed by atoms with E-state index in [1.54, 1.807) is 6.20 Å². The summed E-state index contributed by atoms with van der Waals surface area (Å²) < 4.78 is 5.80. The summed E-state index contributed by atoms with van der Waals surface area (Å²) in [6, 6.07) is 10.0. The van der Waals surface area contributed by atoms with Gasteiger partial charge in [-0.1, -0.05) is 25.1 Å². The first kappa shape index (κ1) is 12.8. The first-order chi connectivity index (χ1) is 8.92. The Kier molecular flexibility index (Phi) is 4.97. The molecule has 0 atom stereocenters. The third-order valence-corrected chi connectivity index (χ3v) is 2.78. The maximum atomic E-state index is 5.80. The second-order valence-corrected chi connectivity index (χ2v) is 4.28. The number of aromatic nitrogens is 1. The molecule has 0 aliphatic heterocycles. The van der Waals surface area contributed by atoms with E-state index in [2.05, 4.69) is 29.4 Å². The second kappa shape index (κ2) is 6.97. The number of ether oxygens (including phenoxy) is 1. The third-order valence-electron chi connectivity index (χ3n) is 2.78. The molecule has 0 fully saturated rings. The Bertz CT molecular complexity index is 479. The van der Waals surface area contributed by atoms with Gasteiger partial charge >= 0.3 is 0 Å². The van der Waals surface area contributed by atoms with Gasteiger partial charge in [-0.2, -0.15) is 0 Å². The SMILES string of the molecule is CCCNCCCOc1cccc2cccnc12. The molecule has 0 aliphatic carbocycles. The quantitative estimate of drug-likeness (QED) is 0.760. The van der Waals surface area contributed by atoms with Crippen molar-refractivity contribution in [3.8, 4) is 5.75 Å². The zero-order valence-corrected chi connectivity index (χ0v) is 10.9. The van der Waals surface area contributed by atoms with Crippen molar-refractivity contribution in [1.82, 2.24) is 10.3 Å². The van der Waals surface area contributed by atoms with Crippen molar-refractivity contribution in [2.45, 2.75) is 19.8 Å². The number of pyridine rings is 1. The van der Waals surface area contributed by atoms with Gasteiger partial charge in [-0.3, -0.25) is 4.98 Å². The second-order valence-electron chi connectivity index (χ2n) is 4.28. The zero-order chi connectivity index (χ0) is 12.6. The maximum Gasteiger partial charge on any atom is 0.145 e. The molecule has 18 heavy (non-hydrogen) atoms. The molecule has 0 saturated heterocycles. The van der Waals surface area contributed by atoms with Crippen LogP contribution in [0.1, 0.15) is 19.8 Å². The van der Waals surface area contributed by atoms with E-state index in [9.17, 15) is 0 Å². The van der Waals surface area contributed by atoms with E-state index in [0.717, 1.165) is 42.8 Å². The lowest BCUT2D eigenvalue weighted by Gasteiger charge is -2.08. The summed E-state index contributed by atoms with van der Waals surface area (Å²) in [5.74, 6) is 0.878. The van der Waals surface area contributed by atoms with Crippen LogP contribution in [-0.4, -0.2) is 24.7 Å². The summed E-state index contributed by atoms with van der Waals surface area (Å²) >= 11 is 0. The molecular weight excluding hydrogens is 224 g/mol. The molecule has 0 bridgehead atoms. The number of fused-ring (bicyclic) bond motifs is 1. The molecule has 1 aromatic heterocycles. The van der Waals surface area contributed by atoms with E-state index >= 15 is 0 Å². The summed E-state index contributed by atoms with van der Waals surface area (Å²) in [5.41, 5.74) is 0.946. The molecule has 1 aromatic carbocycles. The van der Waals surface area contributed by atoms with Gasteiger partial charge in [0.1, 0.15) is 11.3 Å². The van der Waals surface area contributed by atoms with Crippen LogP contribution in [0, 0.1) is 0 Å². The van der Waals surface area contributed by atoms with Crippen LogP contribution in [0.15, 0.2) is 36.5 Å². The van der Waals surface area contributed by atoms with Crippen LogP contribution in [0.2, 0.25) is 0 Å². The Balaban J connectivity index is 1.88. The predicted molar refractivity (Wildman–Crippen MR) is 75.0 cm³/mol. The topological polar surface area (TPSA) is 34.1 Å². The molecular formula is C15H20N2O. The first-order valence-electron chi connectivity index (χ1n) is 6.59. The van der Waals surface area contributed by atoms with Crippen molar-refractivity contribution >= 4 is 10.9 Å². The maximum absolute atomic E-state index is 5.80. The summed E-state index contributed by atoms with van der Waals surface area (Å²) in [5, 5.41) is 4.49. The minimum atomic E-state index is 0.729. The fraction of sp³-hybridized carbons (Fsp3) is 0.400. The molecule has 0 saturated carbocycles. The van der Waals surface area contributed by atoms with Crippen LogP contribution in [0.5, 0.6) is 5.75 Å². The normalized spacial score (nSPS) is 10.7. The smallest absolute Gasteiger partial charge is 0.145 e. The van der Waals surface area contributed by atoms with E-state index < -0.39 is 0 Å². The van der Waals surface area contributed by atoms with Gasteiger partial charge < -0.3 is 10.1 Å². The Labute approximate surface area is 108 Å². The van der Waals surface area contributed by atoms with Crippen LogP contribution in [0.3, 0.4) is 0 Å². The molecule has 1 N–H and O–H groups in total. The fourth-order valence-electron chi connectivity index (χ4n) is 1.87. The highest BCUT2D eigenvalue weighted by molar-refractivity contribution is 5.84. The third kappa shape index (κ3) is 3.44. The van der Waals surface area contributed by atoms with Gasteiger partial charge in [0, 0.05) is 11.6 Å². The van der Waals surface area contributed by atoms with Crippen LogP contribution >= 0.6 is 0 Å². The summed E-state index contributed by atoms with van der Waals surface area (Å²) in [6.07, 6.45) is 4.00. The molecule has 2 rings (SSSR count). The molecule has 0 spiro atoms. The van der Waals surface area contributed by atoms with Crippen LogP contribution in [0.4, 0.5) is 0 Å². The number of nitrogens with one attached hydrogen (secondary N) is 1. The Morgan fingerprint density at radius 1 is 1.17 bits per heavy atom. The van der Waals surface area contributed by atoms with Crippen LogP contribution < -0.4 is 10.1 Å². The highest BCUT2D eigenvalue weighted by Gasteiger charge is 2.01. The van der Waals surface area contributed by atoms with E-state index in [1.807, 2.05) is 18.2 Å². The molecule has 0 unspecified atom stereocenters. The number of benzene rings is 1. The van der Waals surface area contributed by atoms with Gasteiger partial charge in [0.2, 0.25) is 0 Å². The standard InChI is InChI=1S/C15H20N2O/c1-2-9-16-10-5-12-18-14-8-3-6-13-7-4-11-17-15(13)14/h3-4,6-8,11,16H,2,5,9-10,12H2,1H3. The number of hydrogen-bond donors (Lipinski definition) is 1. The van der Waals surface area contributed by atoms with Crippen molar-refractivity contribution < 1.29 is 4.74 Å². The molecule has 0 radical (unpaired) electrons. The average molecular weight is 244 g/mol. The van der Waals surface area contributed by atoms with Gasteiger partial charge in [-0.15, -0.1) is 0 Å². The van der Waals surface area contributed by atoms with Crippen molar-refractivity contribution in [2.24, 2.45) is 0 Å². The Morgan fingerprint density at radius 2 is 2.06 bits per heavy atom. The lowest BCUT2D eigenvalue weighted by atomic mass is 10.2. The fourth-order valence-corrected chi connectivity index (χ4v) is 1.87. The molecule has 0 amide bonds. The van der Waals surface area contributed by atoms with E-state index in [1.165, 1.54) is 6.42 Å². The molecule has 3 nitrogen and oxygen atoms in total. The van der Waals surface area contributed by atoms with Crippen molar-refractivity contribution in [3.63, 3.8) is 0 Å². The molecule has 96 valence electrons. The van der Waals surface area contributed by atoms with Gasteiger partial charge in [0.05, 0.1) is 6.61 Å². The van der Waals surface area contributed by atoms with Gasteiger partial charge in [0.15, 0.2) is 0 Å². The van der Waals surface area contributed by atoms with Crippen molar-refractivity contribution in [3.05, 3.63) is 36.5 Å². The lowest BCUT2D eigenvalue weighted by molar-refractivity contribution is 0.311. The average Bonchev–Trinajstić information content (AvgIpc) is 2.43. The largest absolute Gasteiger partial charge is 0.491 e. The van der Waals surface area contributed by atoms with Gasteiger partial charge in [-0.05, 0) is 38.1 Å². The molecule has 2 aromatic rings. The van der Waals surface area contributed by atoms with E-state index in [0.29, 0.717) is 0 Å². The molecule has 3 heteroatoms. The number of nitrogens with zero attached hydrogens (tertiary/aromatic N) is 1.